The SMILES string of the molecule is C=CC(=C)OC(COC(=O)C=C)COc1ccc(C#Cc2ccc(CCCCC)cc2)cc1. The van der Waals surface area contributed by atoms with Gasteiger partial charge in [0.05, 0.1) is 0 Å². The predicted molar refractivity (Wildman–Crippen MR) is 133 cm³/mol. The van der Waals surface area contributed by atoms with E-state index in [2.05, 4.69) is 62.8 Å². The van der Waals surface area contributed by atoms with E-state index in [1.54, 1.807) is 0 Å². The highest BCUT2D eigenvalue weighted by Crippen LogP contribution is 2.14. The predicted octanol–water partition coefficient (Wildman–Crippen LogP) is 6.01. The van der Waals surface area contributed by atoms with Gasteiger partial charge in [-0.1, -0.05) is 63.5 Å². The Bertz CT molecular complexity index is 975. The molecule has 172 valence electrons. The number of carbonyl (C=O) groups excluding carboxylic acids is 1. The third-order valence-corrected chi connectivity index (χ3v) is 4.79. The minimum atomic E-state index is -0.526. The van der Waals surface area contributed by atoms with Gasteiger partial charge < -0.3 is 14.2 Å². The Labute approximate surface area is 197 Å². The number of hydrogen-bond acceptors (Lipinski definition) is 4. The maximum Gasteiger partial charge on any atom is 0.330 e. The van der Waals surface area contributed by atoms with Gasteiger partial charge in [-0.25, -0.2) is 4.79 Å². The molecule has 0 spiro atoms. The van der Waals surface area contributed by atoms with Crippen molar-refractivity contribution in [3.8, 4) is 17.6 Å². The first-order valence-corrected chi connectivity index (χ1v) is 11.1. The van der Waals surface area contributed by atoms with E-state index >= 15 is 0 Å². The molecule has 0 aliphatic rings. The van der Waals surface area contributed by atoms with Crippen molar-refractivity contribution < 1.29 is 19.0 Å². The summed E-state index contributed by atoms with van der Waals surface area (Å²) in [5, 5.41) is 0. The van der Waals surface area contributed by atoms with Crippen molar-refractivity contribution in [2.75, 3.05) is 13.2 Å². The largest absolute Gasteiger partial charge is 0.490 e. The molecule has 0 amide bonds. The maximum atomic E-state index is 11.3. The second kappa shape index (κ2) is 14.4. The van der Waals surface area contributed by atoms with Gasteiger partial charge in [-0.3, -0.25) is 0 Å². The molecule has 33 heavy (non-hydrogen) atoms. The van der Waals surface area contributed by atoms with Gasteiger partial charge in [0, 0.05) is 17.2 Å². The Morgan fingerprint density at radius 1 is 0.939 bits per heavy atom. The minimum Gasteiger partial charge on any atom is -0.490 e. The number of unbranched alkanes of at least 4 members (excludes halogenated alkanes) is 2. The van der Waals surface area contributed by atoms with E-state index in [0.29, 0.717) is 11.5 Å². The Hall–Kier alpha value is -3.71. The number of carbonyl (C=O) groups is 1. The summed E-state index contributed by atoms with van der Waals surface area (Å²) in [7, 11) is 0. The lowest BCUT2D eigenvalue weighted by Gasteiger charge is -2.19. The average Bonchev–Trinajstić information content (AvgIpc) is 2.85. The van der Waals surface area contributed by atoms with Crippen molar-refractivity contribution in [2.45, 2.75) is 38.7 Å². The second-order valence-electron chi connectivity index (χ2n) is 7.48. The Morgan fingerprint density at radius 2 is 1.58 bits per heavy atom. The van der Waals surface area contributed by atoms with Crippen LogP contribution >= 0.6 is 0 Å². The molecule has 4 heteroatoms. The molecule has 0 aliphatic carbocycles. The quantitative estimate of drug-likeness (QED) is 0.0947. The van der Waals surface area contributed by atoms with Crippen LogP contribution in [0.2, 0.25) is 0 Å². The molecule has 0 bridgehead atoms. The molecule has 0 saturated carbocycles. The summed E-state index contributed by atoms with van der Waals surface area (Å²) < 4.78 is 16.4. The van der Waals surface area contributed by atoms with Gasteiger partial charge in [0.2, 0.25) is 0 Å². The lowest BCUT2D eigenvalue weighted by molar-refractivity contribution is -0.141. The number of esters is 1. The fourth-order valence-corrected chi connectivity index (χ4v) is 2.91. The van der Waals surface area contributed by atoms with Gasteiger partial charge in [0.15, 0.2) is 6.10 Å². The molecule has 1 unspecified atom stereocenters. The summed E-state index contributed by atoms with van der Waals surface area (Å²) in [6.07, 6.45) is 6.90. The lowest BCUT2D eigenvalue weighted by atomic mass is 10.1. The van der Waals surface area contributed by atoms with Crippen LogP contribution in [0.5, 0.6) is 5.75 Å². The lowest BCUT2D eigenvalue weighted by Crippen LogP contribution is -2.27. The van der Waals surface area contributed by atoms with Crippen molar-refractivity contribution in [2.24, 2.45) is 0 Å². The number of rotatable bonds is 13. The summed E-state index contributed by atoms with van der Waals surface area (Å²) >= 11 is 0. The normalized spacial score (nSPS) is 10.8. The molecule has 2 aromatic rings. The Balaban J connectivity index is 1.90. The summed E-state index contributed by atoms with van der Waals surface area (Å²) in [4.78, 5) is 11.3. The third-order valence-electron chi connectivity index (χ3n) is 4.79. The number of benzene rings is 2. The minimum absolute atomic E-state index is 0.0126. The number of ether oxygens (including phenoxy) is 3. The number of aryl methyl sites for hydroxylation is 1. The number of hydrogen-bond donors (Lipinski definition) is 0. The van der Waals surface area contributed by atoms with E-state index in [1.807, 2.05) is 24.3 Å². The first kappa shape index (κ1) is 25.5. The van der Waals surface area contributed by atoms with Crippen LogP contribution in [0.15, 0.2) is 86.2 Å². The van der Waals surface area contributed by atoms with Crippen LogP contribution in [0.25, 0.3) is 0 Å². The standard InChI is InChI=1S/C29H32O4/c1-5-8-9-10-24-11-13-25(14-12-24)15-16-26-17-19-27(20-18-26)31-21-28(33-23(4)6-2)22-32-29(30)7-3/h6-7,11-14,17-20,28H,2-5,8-10,21-22H2,1H3. The van der Waals surface area contributed by atoms with Gasteiger partial charge in [-0.2, -0.15) is 0 Å². The second-order valence-corrected chi connectivity index (χ2v) is 7.48. The molecule has 0 fully saturated rings. The highest BCUT2D eigenvalue weighted by molar-refractivity contribution is 5.81. The molecule has 0 aromatic heterocycles. The molecule has 0 N–H and O–H groups in total. The summed E-state index contributed by atoms with van der Waals surface area (Å²) in [6.45, 7) is 13.1. The topological polar surface area (TPSA) is 44.8 Å². The van der Waals surface area contributed by atoms with Gasteiger partial charge >= 0.3 is 5.97 Å². The molecular weight excluding hydrogens is 412 g/mol. The molecule has 0 aliphatic heterocycles. The van der Waals surface area contributed by atoms with Crippen LogP contribution in [-0.4, -0.2) is 25.3 Å². The summed E-state index contributed by atoms with van der Waals surface area (Å²) in [5.41, 5.74) is 3.24. The van der Waals surface area contributed by atoms with Crippen LogP contribution in [0.4, 0.5) is 0 Å². The van der Waals surface area contributed by atoms with Crippen LogP contribution in [0, 0.1) is 11.8 Å². The van der Waals surface area contributed by atoms with Crippen LogP contribution in [0.1, 0.15) is 42.9 Å². The molecule has 4 nitrogen and oxygen atoms in total. The van der Waals surface area contributed by atoms with Gasteiger partial charge in [0.1, 0.15) is 24.7 Å². The molecule has 1 atom stereocenters. The van der Waals surface area contributed by atoms with Crippen molar-refractivity contribution in [1.82, 2.24) is 0 Å². The molecule has 2 rings (SSSR count). The third kappa shape index (κ3) is 9.97. The first-order chi connectivity index (χ1) is 16.0. The van der Waals surface area contributed by atoms with E-state index in [1.165, 1.54) is 30.9 Å². The summed E-state index contributed by atoms with van der Waals surface area (Å²) in [5.74, 6) is 6.88. The van der Waals surface area contributed by atoms with Crippen molar-refractivity contribution in [3.05, 3.63) is 103 Å². The molecule has 0 heterocycles. The fourth-order valence-electron chi connectivity index (χ4n) is 2.91. The molecule has 0 saturated heterocycles. The van der Waals surface area contributed by atoms with Crippen molar-refractivity contribution in [3.63, 3.8) is 0 Å². The van der Waals surface area contributed by atoms with Gasteiger partial charge in [-0.15, -0.1) is 0 Å². The molecule has 0 radical (unpaired) electrons. The van der Waals surface area contributed by atoms with E-state index in [0.717, 1.165) is 23.6 Å². The van der Waals surface area contributed by atoms with Gasteiger partial charge in [-0.05, 0) is 60.9 Å². The molecule has 2 aromatic carbocycles. The maximum absolute atomic E-state index is 11.3. The van der Waals surface area contributed by atoms with Crippen molar-refractivity contribution >= 4 is 5.97 Å². The zero-order chi connectivity index (χ0) is 23.9. The van der Waals surface area contributed by atoms with Crippen LogP contribution in [0.3, 0.4) is 0 Å². The number of allylic oxidation sites excluding steroid dienone is 1. The highest BCUT2D eigenvalue weighted by atomic mass is 16.6. The van der Waals surface area contributed by atoms with E-state index in [-0.39, 0.29) is 13.2 Å². The van der Waals surface area contributed by atoms with Crippen molar-refractivity contribution in [1.29, 1.82) is 0 Å². The van der Waals surface area contributed by atoms with Gasteiger partial charge in [0.25, 0.3) is 0 Å². The van der Waals surface area contributed by atoms with E-state index in [9.17, 15) is 4.79 Å². The fraction of sp³-hybridized carbons (Fsp3) is 0.276. The van der Waals surface area contributed by atoms with E-state index < -0.39 is 12.1 Å². The van der Waals surface area contributed by atoms with E-state index in [4.69, 9.17) is 14.2 Å². The Morgan fingerprint density at radius 3 is 2.15 bits per heavy atom. The summed E-state index contributed by atoms with van der Waals surface area (Å²) in [6, 6.07) is 15.9. The zero-order valence-electron chi connectivity index (χ0n) is 19.3. The average molecular weight is 445 g/mol. The smallest absolute Gasteiger partial charge is 0.330 e. The van der Waals surface area contributed by atoms with Crippen LogP contribution in [-0.2, 0) is 20.7 Å². The Kier molecular flexibility index (Phi) is 11.1. The highest BCUT2D eigenvalue weighted by Gasteiger charge is 2.14. The molecular formula is C29H32O4. The monoisotopic (exact) mass is 444 g/mol. The zero-order valence-corrected chi connectivity index (χ0v) is 19.3. The van der Waals surface area contributed by atoms with Crippen LogP contribution < -0.4 is 4.74 Å². The first-order valence-electron chi connectivity index (χ1n) is 11.1.